The molecule has 1 aliphatic carbocycles. The molecule has 54 heavy (non-hydrogen) atoms. The van der Waals surface area contributed by atoms with Crippen LogP contribution in [0.1, 0.15) is 23.6 Å². The van der Waals surface area contributed by atoms with Crippen LogP contribution in [-0.2, 0) is 5.41 Å². The number of furan rings is 1. The average Bonchev–Trinajstić information content (AvgIpc) is 3.97. The lowest BCUT2D eigenvalue weighted by atomic mass is 9.73. The first-order chi connectivity index (χ1) is 26.6. The zero-order chi connectivity index (χ0) is 35.5. The molecule has 0 fully saturated rings. The van der Waals surface area contributed by atoms with Gasteiger partial charge in [0.15, 0.2) is 5.58 Å². The van der Waals surface area contributed by atoms with Crippen molar-refractivity contribution in [1.82, 2.24) is 0 Å². The van der Waals surface area contributed by atoms with Crippen molar-refractivity contribution in [3.63, 3.8) is 0 Å². The molecule has 3 heterocycles. The van der Waals surface area contributed by atoms with Crippen LogP contribution in [0.5, 0.6) is 0 Å². The molecule has 3 aromatic heterocycles. The Labute approximate surface area is 319 Å². The zero-order valence-electron chi connectivity index (χ0n) is 29.3. The molecule has 254 valence electrons. The molecule has 0 bridgehead atoms. The van der Waals surface area contributed by atoms with E-state index in [0.717, 1.165) is 33.6 Å². The lowest BCUT2D eigenvalue weighted by molar-refractivity contribution is 0.666. The van der Waals surface area contributed by atoms with E-state index in [1.54, 1.807) is 0 Å². The van der Waals surface area contributed by atoms with Crippen LogP contribution in [0.2, 0.25) is 0 Å². The van der Waals surface area contributed by atoms with Crippen molar-refractivity contribution in [2.24, 2.45) is 0 Å². The van der Waals surface area contributed by atoms with Crippen molar-refractivity contribution in [1.29, 1.82) is 0 Å². The summed E-state index contributed by atoms with van der Waals surface area (Å²) in [4.78, 5) is 2.40. The van der Waals surface area contributed by atoms with Gasteiger partial charge in [0.1, 0.15) is 5.58 Å². The van der Waals surface area contributed by atoms with Gasteiger partial charge in [-0.05, 0) is 89.3 Å². The van der Waals surface area contributed by atoms with Gasteiger partial charge in [0.25, 0.3) is 0 Å². The molecule has 8 aromatic carbocycles. The van der Waals surface area contributed by atoms with E-state index in [0.29, 0.717) is 0 Å². The number of thiophene rings is 2. The molecule has 0 amide bonds. The van der Waals surface area contributed by atoms with Crippen LogP contribution in [-0.4, -0.2) is 0 Å². The number of hydrogen-bond acceptors (Lipinski definition) is 4. The lowest BCUT2D eigenvalue weighted by Crippen LogP contribution is -2.22. The standard InChI is InChI=1S/C50H31NOS2/c1-50(39-17-6-2-12-32(39)33-13-3-7-18-40(33)50)41-19-11-21-43-48(41)37-16-10-20-42(49(37)52-43)51(30-25-27-46-38(28-30)35-15-5-9-23-45(35)53-46)31-24-26-36-34-14-4-8-22-44(34)54-47(36)29-31/h2-29H,1H3. The molecule has 1 aliphatic rings. The summed E-state index contributed by atoms with van der Waals surface area (Å²) in [6, 6.07) is 62.4. The molecule has 0 radical (unpaired) electrons. The van der Waals surface area contributed by atoms with Crippen molar-refractivity contribution in [3.05, 3.63) is 187 Å². The molecule has 4 heteroatoms. The summed E-state index contributed by atoms with van der Waals surface area (Å²) in [6.07, 6.45) is 0. The Balaban J connectivity index is 1.13. The molecule has 2 nitrogen and oxygen atoms in total. The van der Waals surface area contributed by atoms with E-state index in [4.69, 9.17) is 4.42 Å². The van der Waals surface area contributed by atoms with E-state index < -0.39 is 0 Å². The van der Waals surface area contributed by atoms with Crippen LogP contribution >= 0.6 is 22.7 Å². The molecule has 0 N–H and O–H groups in total. The fourth-order valence-corrected chi connectivity index (χ4v) is 11.5. The van der Waals surface area contributed by atoms with E-state index in [1.807, 2.05) is 22.7 Å². The molecule has 0 unspecified atom stereocenters. The molecule has 0 saturated carbocycles. The second-order valence-electron chi connectivity index (χ2n) is 14.5. The first kappa shape index (κ1) is 30.3. The maximum absolute atomic E-state index is 7.07. The molecule has 12 rings (SSSR count). The van der Waals surface area contributed by atoms with Gasteiger partial charge in [0, 0.05) is 67.9 Å². The zero-order valence-corrected chi connectivity index (χ0v) is 31.0. The Bertz CT molecular complexity index is 3280. The largest absolute Gasteiger partial charge is 0.454 e. The Kier molecular flexibility index (Phi) is 6.26. The number of nitrogens with zero attached hydrogens (tertiary/aromatic N) is 1. The molecular weight excluding hydrogens is 695 g/mol. The van der Waals surface area contributed by atoms with Crippen molar-refractivity contribution in [2.75, 3.05) is 4.90 Å². The number of anilines is 3. The second-order valence-corrected chi connectivity index (χ2v) is 16.7. The van der Waals surface area contributed by atoms with Crippen LogP contribution < -0.4 is 4.90 Å². The summed E-state index contributed by atoms with van der Waals surface area (Å²) >= 11 is 3.70. The van der Waals surface area contributed by atoms with Gasteiger partial charge >= 0.3 is 0 Å². The Morgan fingerprint density at radius 1 is 0.444 bits per heavy atom. The minimum atomic E-state index is -0.351. The third-order valence-electron chi connectivity index (χ3n) is 11.7. The highest BCUT2D eigenvalue weighted by atomic mass is 32.1. The molecule has 0 saturated heterocycles. The van der Waals surface area contributed by atoms with Crippen molar-refractivity contribution >= 4 is 102 Å². The normalized spacial score (nSPS) is 13.4. The van der Waals surface area contributed by atoms with Crippen LogP contribution in [0.15, 0.2) is 174 Å². The summed E-state index contributed by atoms with van der Waals surface area (Å²) in [5, 5.41) is 7.44. The smallest absolute Gasteiger partial charge is 0.159 e. The van der Waals surface area contributed by atoms with Crippen molar-refractivity contribution < 1.29 is 4.42 Å². The predicted molar refractivity (Wildman–Crippen MR) is 232 cm³/mol. The maximum Gasteiger partial charge on any atom is 0.159 e. The van der Waals surface area contributed by atoms with Gasteiger partial charge < -0.3 is 9.32 Å². The number of benzene rings is 8. The maximum atomic E-state index is 7.07. The van der Waals surface area contributed by atoms with E-state index in [2.05, 4.69) is 182 Å². The first-order valence-corrected chi connectivity index (χ1v) is 20.1. The fraction of sp³-hybridized carbons (Fsp3) is 0.0400. The molecule has 11 aromatic rings. The monoisotopic (exact) mass is 725 g/mol. The lowest BCUT2D eigenvalue weighted by Gasteiger charge is -2.29. The highest BCUT2D eigenvalue weighted by Gasteiger charge is 2.42. The van der Waals surface area contributed by atoms with E-state index in [9.17, 15) is 0 Å². The van der Waals surface area contributed by atoms with Crippen LogP contribution in [0.4, 0.5) is 17.1 Å². The fourth-order valence-electron chi connectivity index (χ4n) is 9.30. The van der Waals surface area contributed by atoms with E-state index in [-0.39, 0.29) is 5.41 Å². The Hall–Kier alpha value is -6.20. The Morgan fingerprint density at radius 2 is 1.00 bits per heavy atom. The number of hydrogen-bond donors (Lipinski definition) is 0. The quantitative estimate of drug-likeness (QED) is 0.180. The van der Waals surface area contributed by atoms with Crippen molar-refractivity contribution in [2.45, 2.75) is 12.3 Å². The minimum absolute atomic E-state index is 0.351. The summed E-state index contributed by atoms with van der Waals surface area (Å²) in [5.41, 5.74) is 11.2. The van der Waals surface area contributed by atoms with Gasteiger partial charge in [-0.25, -0.2) is 0 Å². The molecule has 0 atom stereocenters. The third kappa shape index (κ3) is 4.10. The third-order valence-corrected chi connectivity index (χ3v) is 14.0. The van der Waals surface area contributed by atoms with Gasteiger partial charge in [-0.1, -0.05) is 115 Å². The topological polar surface area (TPSA) is 16.4 Å². The Morgan fingerprint density at radius 3 is 1.78 bits per heavy atom. The van der Waals surface area contributed by atoms with Gasteiger partial charge in [-0.2, -0.15) is 0 Å². The highest BCUT2D eigenvalue weighted by Crippen LogP contribution is 2.55. The summed E-state index contributed by atoms with van der Waals surface area (Å²) in [6.45, 7) is 2.39. The summed E-state index contributed by atoms with van der Waals surface area (Å²) < 4.78 is 12.2. The number of fused-ring (bicyclic) bond motifs is 12. The minimum Gasteiger partial charge on any atom is -0.454 e. The SMILES string of the molecule is CC1(c2cccc3oc4c(N(c5ccc6c(c5)sc5ccccc56)c5ccc6sc7ccccc7c6c5)cccc4c23)c2ccccc2-c2ccccc21. The van der Waals surface area contributed by atoms with E-state index >= 15 is 0 Å². The van der Waals surface area contributed by atoms with Gasteiger partial charge in [-0.3, -0.25) is 0 Å². The summed E-state index contributed by atoms with van der Waals surface area (Å²) in [5.74, 6) is 0. The number of para-hydroxylation sites is 1. The van der Waals surface area contributed by atoms with Crippen molar-refractivity contribution in [3.8, 4) is 11.1 Å². The van der Waals surface area contributed by atoms with Gasteiger partial charge in [0.2, 0.25) is 0 Å². The van der Waals surface area contributed by atoms with E-state index in [1.165, 1.54) is 73.5 Å². The van der Waals surface area contributed by atoms with Crippen LogP contribution in [0, 0.1) is 0 Å². The van der Waals surface area contributed by atoms with Crippen LogP contribution in [0.25, 0.3) is 73.4 Å². The average molecular weight is 726 g/mol. The highest BCUT2D eigenvalue weighted by molar-refractivity contribution is 7.26. The molecule has 0 spiro atoms. The first-order valence-electron chi connectivity index (χ1n) is 18.4. The molecule has 0 aliphatic heterocycles. The van der Waals surface area contributed by atoms with Crippen LogP contribution in [0.3, 0.4) is 0 Å². The molecular formula is C50H31NOS2. The van der Waals surface area contributed by atoms with Gasteiger partial charge in [-0.15, -0.1) is 22.7 Å². The number of rotatable bonds is 4. The second kappa shape index (κ2) is 11.2. The van der Waals surface area contributed by atoms with Gasteiger partial charge in [0.05, 0.1) is 5.69 Å². The predicted octanol–water partition coefficient (Wildman–Crippen LogP) is 15.1. The summed E-state index contributed by atoms with van der Waals surface area (Å²) in [7, 11) is 0.